The second-order valence-corrected chi connectivity index (χ2v) is 8.84. The van der Waals surface area contributed by atoms with Gasteiger partial charge < -0.3 is 10.2 Å². The molecule has 2 aromatic carbocycles. The summed E-state index contributed by atoms with van der Waals surface area (Å²) >= 11 is 12.1. The smallest absolute Gasteiger partial charge is 0.255 e. The van der Waals surface area contributed by atoms with Gasteiger partial charge >= 0.3 is 0 Å². The molecule has 0 fully saturated rings. The van der Waals surface area contributed by atoms with Crippen LogP contribution in [0.1, 0.15) is 34.6 Å². The van der Waals surface area contributed by atoms with Gasteiger partial charge in [0.1, 0.15) is 0 Å². The zero-order chi connectivity index (χ0) is 21.1. The van der Waals surface area contributed by atoms with E-state index in [-0.39, 0.29) is 26.4 Å². The van der Waals surface area contributed by atoms with Crippen molar-refractivity contribution in [3.8, 4) is 0 Å². The highest BCUT2D eigenvalue weighted by molar-refractivity contribution is 7.90. The highest BCUT2D eigenvalue weighted by Crippen LogP contribution is 2.25. The van der Waals surface area contributed by atoms with Gasteiger partial charge in [0.05, 0.1) is 20.5 Å². The monoisotopic (exact) mass is 442 g/mol. The molecule has 0 aliphatic carbocycles. The minimum atomic E-state index is -3.57. The highest BCUT2D eigenvalue weighted by Gasteiger charge is 2.18. The fourth-order valence-corrected chi connectivity index (χ4v) is 4.14. The van der Waals surface area contributed by atoms with Crippen LogP contribution >= 0.6 is 23.2 Å². The molecule has 0 aliphatic rings. The van der Waals surface area contributed by atoms with E-state index < -0.39 is 15.7 Å². The quantitative estimate of drug-likeness (QED) is 0.728. The van der Waals surface area contributed by atoms with E-state index in [1.807, 2.05) is 13.8 Å². The first-order valence-corrected chi connectivity index (χ1v) is 11.1. The van der Waals surface area contributed by atoms with E-state index in [0.717, 1.165) is 6.26 Å². The molecule has 0 bridgehead atoms. The number of amides is 2. The first-order chi connectivity index (χ1) is 13.1. The average Bonchev–Trinajstić information content (AvgIpc) is 2.62. The van der Waals surface area contributed by atoms with Gasteiger partial charge in [0.2, 0.25) is 0 Å². The summed E-state index contributed by atoms with van der Waals surface area (Å²) in [6.45, 7) is 4.87. The second-order valence-electron chi connectivity index (χ2n) is 6.04. The third kappa shape index (κ3) is 5.04. The van der Waals surface area contributed by atoms with Crippen molar-refractivity contribution in [3.63, 3.8) is 0 Å². The molecule has 1 N–H and O–H groups in total. The van der Waals surface area contributed by atoms with Crippen molar-refractivity contribution in [1.82, 2.24) is 4.90 Å². The molecule has 28 heavy (non-hydrogen) atoms. The fourth-order valence-electron chi connectivity index (χ4n) is 2.58. The van der Waals surface area contributed by atoms with Crippen LogP contribution in [-0.2, 0) is 9.84 Å². The summed E-state index contributed by atoms with van der Waals surface area (Å²) in [6, 6.07) is 8.57. The van der Waals surface area contributed by atoms with Crippen molar-refractivity contribution in [2.45, 2.75) is 18.7 Å². The van der Waals surface area contributed by atoms with E-state index in [1.54, 1.807) is 17.0 Å². The molecule has 0 aromatic heterocycles. The zero-order valence-electron chi connectivity index (χ0n) is 15.6. The van der Waals surface area contributed by atoms with E-state index in [2.05, 4.69) is 5.32 Å². The average molecular weight is 443 g/mol. The first-order valence-electron chi connectivity index (χ1n) is 8.48. The molecule has 0 saturated heterocycles. The Morgan fingerprint density at radius 3 is 2.18 bits per heavy atom. The summed E-state index contributed by atoms with van der Waals surface area (Å²) in [7, 11) is -3.57. The maximum Gasteiger partial charge on any atom is 0.255 e. The molecule has 150 valence electrons. The van der Waals surface area contributed by atoms with Crippen LogP contribution in [0.3, 0.4) is 0 Å². The maximum atomic E-state index is 12.5. The van der Waals surface area contributed by atoms with Crippen LogP contribution in [0, 0.1) is 0 Å². The SMILES string of the molecule is CCN(CC)C(=O)c1ccc(NC(=O)c2ccc(Cl)c(S(C)(=O)=O)c2)cc1Cl. The lowest BCUT2D eigenvalue weighted by Gasteiger charge is -2.19. The molecule has 0 atom stereocenters. The lowest BCUT2D eigenvalue weighted by atomic mass is 10.1. The van der Waals surface area contributed by atoms with Crippen molar-refractivity contribution in [2.75, 3.05) is 24.7 Å². The third-order valence-electron chi connectivity index (χ3n) is 4.10. The van der Waals surface area contributed by atoms with Crippen LogP contribution in [0.25, 0.3) is 0 Å². The number of carbonyl (C=O) groups is 2. The van der Waals surface area contributed by atoms with Gasteiger partial charge in [-0.25, -0.2) is 8.42 Å². The molecule has 2 amide bonds. The van der Waals surface area contributed by atoms with Crippen LogP contribution in [-0.4, -0.2) is 44.5 Å². The van der Waals surface area contributed by atoms with Gasteiger partial charge in [0, 0.05) is 30.6 Å². The normalized spacial score (nSPS) is 11.2. The number of hydrogen-bond acceptors (Lipinski definition) is 4. The van der Waals surface area contributed by atoms with Crippen LogP contribution in [0.4, 0.5) is 5.69 Å². The van der Waals surface area contributed by atoms with Crippen LogP contribution in [0.5, 0.6) is 0 Å². The zero-order valence-corrected chi connectivity index (χ0v) is 18.0. The van der Waals surface area contributed by atoms with E-state index in [1.165, 1.54) is 24.3 Å². The number of benzene rings is 2. The summed E-state index contributed by atoms with van der Waals surface area (Å²) in [5.74, 6) is -0.719. The lowest BCUT2D eigenvalue weighted by molar-refractivity contribution is 0.0773. The summed E-state index contributed by atoms with van der Waals surface area (Å²) in [5, 5.41) is 2.89. The Morgan fingerprint density at radius 2 is 1.64 bits per heavy atom. The van der Waals surface area contributed by atoms with Gasteiger partial charge in [0.15, 0.2) is 9.84 Å². The van der Waals surface area contributed by atoms with Gasteiger partial charge in [-0.05, 0) is 50.2 Å². The molecular formula is C19H20Cl2N2O4S. The van der Waals surface area contributed by atoms with E-state index in [9.17, 15) is 18.0 Å². The van der Waals surface area contributed by atoms with Gasteiger partial charge in [-0.1, -0.05) is 23.2 Å². The number of anilines is 1. The Labute approximate surface area is 174 Å². The molecular weight excluding hydrogens is 423 g/mol. The standard InChI is InChI=1S/C19H20Cl2N2O4S/c1-4-23(5-2)19(25)14-8-7-13(11-16(14)21)22-18(24)12-6-9-15(20)17(10-12)28(3,26)27/h6-11H,4-5H2,1-3H3,(H,22,24). The summed E-state index contributed by atoms with van der Waals surface area (Å²) < 4.78 is 23.5. The number of carbonyl (C=O) groups excluding carboxylic acids is 2. The number of hydrogen-bond donors (Lipinski definition) is 1. The van der Waals surface area contributed by atoms with Crippen molar-refractivity contribution in [3.05, 3.63) is 57.6 Å². The molecule has 0 unspecified atom stereocenters. The highest BCUT2D eigenvalue weighted by atomic mass is 35.5. The molecule has 0 saturated carbocycles. The molecule has 0 aliphatic heterocycles. The second kappa shape index (κ2) is 8.94. The number of rotatable bonds is 6. The van der Waals surface area contributed by atoms with Crippen molar-refractivity contribution in [1.29, 1.82) is 0 Å². The molecule has 6 nitrogen and oxygen atoms in total. The van der Waals surface area contributed by atoms with E-state index >= 15 is 0 Å². The molecule has 2 rings (SSSR count). The Bertz CT molecular complexity index is 1020. The Kier molecular flexibility index (Phi) is 7.09. The fraction of sp³-hybridized carbons (Fsp3) is 0.263. The summed E-state index contributed by atoms with van der Waals surface area (Å²) in [6.07, 6.45) is 1.02. The van der Waals surface area contributed by atoms with Crippen molar-refractivity contribution < 1.29 is 18.0 Å². The Morgan fingerprint density at radius 1 is 1.00 bits per heavy atom. The molecule has 9 heteroatoms. The first kappa shape index (κ1) is 22.2. The largest absolute Gasteiger partial charge is 0.339 e. The topological polar surface area (TPSA) is 83.6 Å². The maximum absolute atomic E-state index is 12.5. The lowest BCUT2D eigenvalue weighted by Crippen LogP contribution is -2.30. The summed E-state index contributed by atoms with van der Waals surface area (Å²) in [4.78, 5) is 26.4. The Hall–Kier alpha value is -2.09. The number of nitrogens with one attached hydrogen (secondary N) is 1. The van der Waals surface area contributed by atoms with E-state index in [0.29, 0.717) is 24.3 Å². The predicted molar refractivity (Wildman–Crippen MR) is 111 cm³/mol. The minimum absolute atomic E-state index is 0.0429. The molecule has 0 heterocycles. The predicted octanol–water partition coefficient (Wildman–Crippen LogP) is 4.13. The minimum Gasteiger partial charge on any atom is -0.339 e. The number of halogens is 2. The summed E-state index contributed by atoms with van der Waals surface area (Å²) in [5.41, 5.74) is 0.848. The number of nitrogens with zero attached hydrogens (tertiary/aromatic N) is 1. The molecule has 0 spiro atoms. The Balaban J connectivity index is 2.26. The van der Waals surface area contributed by atoms with Gasteiger partial charge in [0.25, 0.3) is 11.8 Å². The molecule has 0 radical (unpaired) electrons. The molecule has 2 aromatic rings. The van der Waals surface area contributed by atoms with Crippen molar-refractivity contribution >= 4 is 50.5 Å². The van der Waals surface area contributed by atoms with Crippen molar-refractivity contribution in [2.24, 2.45) is 0 Å². The van der Waals surface area contributed by atoms with Gasteiger partial charge in [-0.2, -0.15) is 0 Å². The van der Waals surface area contributed by atoms with Gasteiger partial charge in [-0.3, -0.25) is 9.59 Å². The van der Waals surface area contributed by atoms with Crippen LogP contribution < -0.4 is 5.32 Å². The third-order valence-corrected chi connectivity index (χ3v) is 5.99. The number of sulfone groups is 1. The van der Waals surface area contributed by atoms with E-state index in [4.69, 9.17) is 23.2 Å². The van der Waals surface area contributed by atoms with Gasteiger partial charge in [-0.15, -0.1) is 0 Å². The van der Waals surface area contributed by atoms with Crippen LogP contribution in [0.2, 0.25) is 10.0 Å². The van der Waals surface area contributed by atoms with Crippen LogP contribution in [0.15, 0.2) is 41.3 Å².